The van der Waals surface area contributed by atoms with Crippen molar-refractivity contribution < 1.29 is 19.1 Å². The molecule has 3 heterocycles. The minimum atomic E-state index is -0.685. The van der Waals surface area contributed by atoms with Crippen LogP contribution in [0.4, 0.5) is 5.69 Å². The molecule has 3 aromatic carbocycles. The highest BCUT2D eigenvalue weighted by molar-refractivity contribution is 9.10. The van der Waals surface area contributed by atoms with E-state index in [0.29, 0.717) is 33.8 Å². The van der Waals surface area contributed by atoms with Gasteiger partial charge in [-0.05, 0) is 59.7 Å². The van der Waals surface area contributed by atoms with Crippen LogP contribution in [-0.2, 0) is 16.2 Å². The number of hydrogen-bond acceptors (Lipinski definition) is 7. The van der Waals surface area contributed by atoms with Crippen LogP contribution in [0, 0.1) is 5.92 Å². The fraction of sp³-hybridized carbons (Fsp3) is 0.179. The van der Waals surface area contributed by atoms with Crippen LogP contribution in [0.3, 0.4) is 0 Å². The number of fused-ring (bicyclic) bond motifs is 2. The van der Waals surface area contributed by atoms with Crippen molar-refractivity contribution in [1.29, 1.82) is 0 Å². The third-order valence-corrected chi connectivity index (χ3v) is 9.94. The summed E-state index contributed by atoms with van der Waals surface area (Å²) < 4.78 is 12.5. The lowest BCUT2D eigenvalue weighted by Crippen LogP contribution is -2.32. The van der Waals surface area contributed by atoms with Gasteiger partial charge in [-0.1, -0.05) is 68.8 Å². The van der Waals surface area contributed by atoms with Gasteiger partial charge in [-0.15, -0.1) is 0 Å². The van der Waals surface area contributed by atoms with Crippen LogP contribution >= 0.6 is 50.6 Å². The number of halogens is 2. The van der Waals surface area contributed by atoms with E-state index in [1.54, 1.807) is 49.6 Å². The minimum Gasteiger partial charge on any atom is -0.493 e. The summed E-state index contributed by atoms with van der Waals surface area (Å²) in [7, 11) is 1.55. The van der Waals surface area contributed by atoms with Gasteiger partial charge >= 0.3 is 4.87 Å². The van der Waals surface area contributed by atoms with E-state index < -0.39 is 17.1 Å². The van der Waals surface area contributed by atoms with Crippen molar-refractivity contribution in [2.45, 2.75) is 22.8 Å². The van der Waals surface area contributed by atoms with Crippen LogP contribution in [0.5, 0.6) is 11.5 Å². The van der Waals surface area contributed by atoms with E-state index in [4.69, 9.17) is 21.1 Å². The average Bonchev–Trinajstić information content (AvgIpc) is 3.43. The van der Waals surface area contributed by atoms with Crippen molar-refractivity contribution in [2.24, 2.45) is 5.92 Å². The molecule has 2 aliphatic rings. The molecule has 0 spiro atoms. The monoisotopic (exact) mass is 642 g/mol. The van der Waals surface area contributed by atoms with Gasteiger partial charge < -0.3 is 14.5 Å². The van der Waals surface area contributed by atoms with Gasteiger partial charge in [-0.3, -0.25) is 14.4 Å². The van der Waals surface area contributed by atoms with Crippen molar-refractivity contribution in [2.75, 3.05) is 12.0 Å². The number of hydrogen-bond donors (Lipinski definition) is 1. The Labute approximate surface area is 245 Å². The zero-order chi connectivity index (χ0) is 27.3. The molecule has 39 heavy (non-hydrogen) atoms. The highest BCUT2D eigenvalue weighted by Crippen LogP contribution is 2.53. The lowest BCUT2D eigenvalue weighted by Gasteiger charge is -2.30. The van der Waals surface area contributed by atoms with Crippen molar-refractivity contribution in [1.82, 2.24) is 4.98 Å². The molecule has 7 nitrogen and oxygen atoms in total. The first-order valence-electron chi connectivity index (χ1n) is 11.9. The van der Waals surface area contributed by atoms with Gasteiger partial charge in [0.2, 0.25) is 11.8 Å². The van der Waals surface area contributed by atoms with Crippen LogP contribution in [0.15, 0.2) is 81.0 Å². The molecule has 2 amide bonds. The fourth-order valence-corrected chi connectivity index (χ4v) is 7.86. The largest absolute Gasteiger partial charge is 0.493 e. The van der Waals surface area contributed by atoms with Gasteiger partial charge in [-0.25, -0.2) is 4.90 Å². The number of rotatable bonds is 6. The van der Waals surface area contributed by atoms with Crippen LogP contribution in [0.25, 0.3) is 0 Å². The molecule has 0 unspecified atom stereocenters. The van der Waals surface area contributed by atoms with Gasteiger partial charge in [0.05, 0.1) is 23.7 Å². The Hall–Kier alpha value is -3.05. The number of aromatic amines is 1. The highest BCUT2D eigenvalue weighted by Gasteiger charge is 2.56. The second kappa shape index (κ2) is 10.5. The van der Waals surface area contributed by atoms with E-state index in [0.717, 1.165) is 31.8 Å². The number of imide groups is 1. The third kappa shape index (κ3) is 4.80. The van der Waals surface area contributed by atoms with E-state index in [2.05, 4.69) is 20.9 Å². The number of amides is 2. The number of ether oxygens (including phenoxy) is 2. The van der Waals surface area contributed by atoms with E-state index in [9.17, 15) is 14.4 Å². The molecule has 11 heteroatoms. The van der Waals surface area contributed by atoms with Gasteiger partial charge in [-0.2, -0.15) is 0 Å². The number of aromatic nitrogens is 1. The van der Waals surface area contributed by atoms with E-state index in [-0.39, 0.29) is 16.7 Å². The number of nitrogens with zero attached hydrogens (tertiary/aromatic N) is 1. The quantitative estimate of drug-likeness (QED) is 0.251. The second-order valence-electron chi connectivity index (χ2n) is 9.06. The Kier molecular flexibility index (Phi) is 7.05. The zero-order valence-electron chi connectivity index (χ0n) is 20.4. The van der Waals surface area contributed by atoms with Gasteiger partial charge in [0, 0.05) is 20.3 Å². The standard InChI is InChI=1S/C28H20BrClN2O5S2/c1-36-20-12-15(4-11-19(20)37-13-14-2-7-17(30)8-3-14)21-22-24(38-25-23(21)39-28(35)31-25)27(34)32(26(22)33)18-9-5-16(29)6-10-18/h2-12,21-22,24H,13H2,1H3,(H,31,35)/t21-,22-,24+/m0/s1. The maximum atomic E-state index is 13.9. The number of H-pyrrole nitrogens is 1. The Bertz CT molecular complexity index is 1640. The van der Waals surface area contributed by atoms with E-state index in [1.807, 2.05) is 24.3 Å². The molecule has 198 valence electrons. The number of thiazole rings is 1. The maximum absolute atomic E-state index is 13.9. The van der Waals surface area contributed by atoms with Crippen molar-refractivity contribution in [3.05, 3.63) is 102 Å². The third-order valence-electron chi connectivity index (χ3n) is 6.76. The normalized spacial score (nSPS) is 20.1. The minimum absolute atomic E-state index is 0.225. The van der Waals surface area contributed by atoms with E-state index >= 15 is 0 Å². The molecule has 6 rings (SSSR count). The first-order valence-corrected chi connectivity index (χ1v) is 14.8. The summed E-state index contributed by atoms with van der Waals surface area (Å²) in [6.45, 7) is 0.316. The maximum Gasteiger partial charge on any atom is 0.305 e. The van der Waals surface area contributed by atoms with Crippen LogP contribution in [0.1, 0.15) is 21.9 Å². The molecule has 1 saturated heterocycles. The summed E-state index contributed by atoms with van der Waals surface area (Å²) >= 11 is 11.7. The number of carbonyl (C=O) groups excluding carboxylic acids is 2. The molecular weight excluding hydrogens is 624 g/mol. The Balaban J connectivity index is 1.37. The lowest BCUT2D eigenvalue weighted by molar-refractivity contribution is -0.122. The number of nitrogens with one attached hydrogen (secondary N) is 1. The predicted molar refractivity (Wildman–Crippen MR) is 155 cm³/mol. The summed E-state index contributed by atoms with van der Waals surface area (Å²) in [5.74, 6) is -0.761. The Morgan fingerprint density at radius 2 is 1.72 bits per heavy atom. The topological polar surface area (TPSA) is 88.7 Å². The summed E-state index contributed by atoms with van der Waals surface area (Å²) in [5.41, 5.74) is 2.22. The first-order chi connectivity index (χ1) is 18.8. The Morgan fingerprint density at radius 1 is 0.974 bits per heavy atom. The SMILES string of the molecule is COc1cc([C@@H]2c3sc(=O)[nH]c3S[C@H]3C(=O)N(c4ccc(Br)cc4)C(=O)[C@@H]23)ccc1OCc1ccc(Cl)cc1. The summed E-state index contributed by atoms with van der Waals surface area (Å²) in [4.78, 5) is 44.4. The average molecular weight is 644 g/mol. The van der Waals surface area contributed by atoms with Crippen LogP contribution in [-0.4, -0.2) is 29.2 Å². The van der Waals surface area contributed by atoms with Crippen molar-refractivity contribution in [3.8, 4) is 11.5 Å². The predicted octanol–water partition coefficient (Wildman–Crippen LogP) is 6.24. The van der Waals surface area contributed by atoms with Gasteiger partial charge in [0.15, 0.2) is 11.5 Å². The molecular formula is C28H20BrClN2O5S2. The Morgan fingerprint density at radius 3 is 2.44 bits per heavy atom. The first kappa shape index (κ1) is 26.2. The molecule has 1 fully saturated rings. The molecule has 3 atom stereocenters. The van der Waals surface area contributed by atoms with Gasteiger partial charge in [0.25, 0.3) is 0 Å². The molecule has 0 bridgehead atoms. The summed E-state index contributed by atoms with van der Waals surface area (Å²) in [6, 6.07) is 19.9. The number of anilines is 1. The number of carbonyl (C=O) groups is 2. The van der Waals surface area contributed by atoms with Gasteiger partial charge in [0.1, 0.15) is 11.9 Å². The molecule has 4 aromatic rings. The van der Waals surface area contributed by atoms with Crippen LogP contribution < -0.4 is 19.2 Å². The van der Waals surface area contributed by atoms with Crippen LogP contribution in [0.2, 0.25) is 5.02 Å². The zero-order valence-corrected chi connectivity index (χ0v) is 24.3. The second-order valence-corrected chi connectivity index (χ2v) is 12.6. The molecule has 1 N–H and O–H groups in total. The van der Waals surface area contributed by atoms with E-state index in [1.165, 1.54) is 16.7 Å². The molecule has 0 radical (unpaired) electrons. The highest BCUT2D eigenvalue weighted by atomic mass is 79.9. The molecule has 0 aliphatic carbocycles. The summed E-state index contributed by atoms with van der Waals surface area (Å²) in [5, 5.41) is 0.600. The smallest absolute Gasteiger partial charge is 0.305 e. The van der Waals surface area contributed by atoms with Crippen molar-refractivity contribution >= 4 is 68.1 Å². The molecule has 1 aromatic heterocycles. The molecule has 2 aliphatic heterocycles. The number of methoxy groups -OCH3 is 1. The van der Waals surface area contributed by atoms with Crippen molar-refractivity contribution in [3.63, 3.8) is 0 Å². The fourth-order valence-electron chi connectivity index (χ4n) is 4.96. The lowest BCUT2D eigenvalue weighted by atomic mass is 9.83. The molecule has 0 saturated carbocycles. The number of benzene rings is 3. The number of thioether (sulfide) groups is 1. The summed E-state index contributed by atoms with van der Waals surface area (Å²) in [6.07, 6.45) is 0.